The molecule has 0 fully saturated rings. The molecule has 7 heteroatoms. The number of rotatable bonds is 5. The van der Waals surface area contributed by atoms with E-state index < -0.39 is 6.04 Å². The SMILES string of the molecule is CSc1cccc(NC(=O)C(C)n2nc(-c3cccs3)ccc2=O)c1. The zero-order chi connectivity index (χ0) is 17.8. The van der Waals surface area contributed by atoms with Crippen LogP contribution in [0.4, 0.5) is 5.69 Å². The maximum atomic E-state index is 12.5. The van der Waals surface area contributed by atoms with Gasteiger partial charge >= 0.3 is 0 Å². The van der Waals surface area contributed by atoms with Gasteiger partial charge in [0.15, 0.2) is 0 Å². The standard InChI is InChI=1S/C18H17N3O2S2/c1-12(18(23)19-13-5-3-6-14(11-13)24-2)21-17(22)9-8-15(20-21)16-7-4-10-25-16/h3-12H,1-2H3,(H,19,23). The van der Waals surface area contributed by atoms with Crippen molar-refractivity contribution < 1.29 is 4.79 Å². The van der Waals surface area contributed by atoms with Crippen LogP contribution in [0.5, 0.6) is 0 Å². The molecular weight excluding hydrogens is 354 g/mol. The summed E-state index contributed by atoms with van der Waals surface area (Å²) in [7, 11) is 0. The van der Waals surface area contributed by atoms with Crippen molar-refractivity contribution in [1.82, 2.24) is 9.78 Å². The minimum absolute atomic E-state index is 0.281. The quantitative estimate of drug-likeness (QED) is 0.691. The van der Waals surface area contributed by atoms with Gasteiger partial charge in [0.05, 0.1) is 4.88 Å². The van der Waals surface area contributed by atoms with Gasteiger partial charge in [-0.25, -0.2) is 4.68 Å². The highest BCUT2D eigenvalue weighted by Gasteiger charge is 2.18. The first kappa shape index (κ1) is 17.4. The fourth-order valence-corrected chi connectivity index (χ4v) is 3.47. The van der Waals surface area contributed by atoms with E-state index >= 15 is 0 Å². The van der Waals surface area contributed by atoms with Crippen LogP contribution in [0, 0.1) is 0 Å². The van der Waals surface area contributed by atoms with Crippen molar-refractivity contribution in [3.63, 3.8) is 0 Å². The zero-order valence-electron chi connectivity index (χ0n) is 13.8. The summed E-state index contributed by atoms with van der Waals surface area (Å²) in [6, 6.07) is 13.8. The minimum Gasteiger partial charge on any atom is -0.324 e. The van der Waals surface area contributed by atoms with E-state index in [1.807, 2.05) is 48.0 Å². The Hall–Kier alpha value is -2.38. The number of hydrogen-bond donors (Lipinski definition) is 1. The Bertz CT molecular complexity index is 935. The molecule has 0 aliphatic heterocycles. The molecule has 128 valence electrons. The van der Waals surface area contributed by atoms with Crippen LogP contribution in [0.3, 0.4) is 0 Å². The number of carbonyl (C=O) groups excluding carboxylic acids is 1. The summed E-state index contributed by atoms with van der Waals surface area (Å²) in [5.74, 6) is -0.281. The lowest BCUT2D eigenvalue weighted by Crippen LogP contribution is -2.33. The molecular formula is C18H17N3O2S2. The molecule has 1 N–H and O–H groups in total. The molecule has 0 saturated carbocycles. The van der Waals surface area contributed by atoms with Gasteiger partial charge in [0, 0.05) is 16.6 Å². The van der Waals surface area contributed by atoms with Crippen LogP contribution in [0.25, 0.3) is 10.6 Å². The summed E-state index contributed by atoms with van der Waals surface area (Å²) in [6.07, 6.45) is 1.98. The largest absolute Gasteiger partial charge is 0.324 e. The molecule has 1 atom stereocenters. The second-order valence-corrected chi connectivity index (χ2v) is 7.20. The van der Waals surface area contributed by atoms with Crippen LogP contribution in [0.2, 0.25) is 0 Å². The van der Waals surface area contributed by atoms with Crippen molar-refractivity contribution in [2.75, 3.05) is 11.6 Å². The maximum Gasteiger partial charge on any atom is 0.267 e. The molecule has 0 aliphatic rings. The van der Waals surface area contributed by atoms with E-state index in [-0.39, 0.29) is 11.5 Å². The third-order valence-electron chi connectivity index (χ3n) is 3.68. The lowest BCUT2D eigenvalue weighted by molar-refractivity contribution is -0.119. The number of carbonyl (C=O) groups is 1. The fourth-order valence-electron chi connectivity index (χ4n) is 2.32. The van der Waals surface area contributed by atoms with E-state index in [1.165, 1.54) is 22.1 Å². The van der Waals surface area contributed by atoms with E-state index in [0.29, 0.717) is 11.4 Å². The molecule has 3 aromatic rings. The van der Waals surface area contributed by atoms with Gasteiger partial charge in [-0.15, -0.1) is 23.1 Å². The Labute approximate surface area is 153 Å². The second-order valence-electron chi connectivity index (χ2n) is 5.38. The molecule has 0 aliphatic carbocycles. The van der Waals surface area contributed by atoms with Gasteiger partial charge in [-0.05, 0) is 48.9 Å². The van der Waals surface area contributed by atoms with Gasteiger partial charge in [0.2, 0.25) is 5.91 Å². The predicted octanol–water partition coefficient (Wildman–Crippen LogP) is 3.89. The van der Waals surface area contributed by atoms with Gasteiger partial charge < -0.3 is 5.32 Å². The number of aromatic nitrogens is 2. The Morgan fingerprint density at radius 1 is 1.24 bits per heavy atom. The molecule has 0 radical (unpaired) electrons. The molecule has 1 amide bonds. The molecule has 1 unspecified atom stereocenters. The number of benzene rings is 1. The number of nitrogens with zero attached hydrogens (tertiary/aromatic N) is 2. The van der Waals surface area contributed by atoms with E-state index in [9.17, 15) is 9.59 Å². The van der Waals surface area contributed by atoms with Crippen LogP contribution < -0.4 is 10.9 Å². The monoisotopic (exact) mass is 371 g/mol. The van der Waals surface area contributed by atoms with Gasteiger partial charge in [-0.1, -0.05) is 12.1 Å². The average molecular weight is 371 g/mol. The van der Waals surface area contributed by atoms with Crippen LogP contribution >= 0.6 is 23.1 Å². The number of nitrogens with one attached hydrogen (secondary N) is 1. The van der Waals surface area contributed by atoms with E-state index in [1.54, 1.807) is 24.8 Å². The summed E-state index contributed by atoms with van der Waals surface area (Å²) in [6.45, 7) is 1.67. The lowest BCUT2D eigenvalue weighted by Gasteiger charge is -2.15. The fraction of sp³-hybridized carbons (Fsp3) is 0.167. The van der Waals surface area contributed by atoms with Gasteiger partial charge in [-0.3, -0.25) is 9.59 Å². The third-order valence-corrected chi connectivity index (χ3v) is 5.30. The lowest BCUT2D eigenvalue weighted by atomic mass is 10.2. The molecule has 0 saturated heterocycles. The van der Waals surface area contributed by atoms with Crippen molar-refractivity contribution >= 4 is 34.7 Å². The number of hydrogen-bond acceptors (Lipinski definition) is 5. The van der Waals surface area contributed by atoms with Crippen LogP contribution in [-0.2, 0) is 4.79 Å². The van der Waals surface area contributed by atoms with Crippen LogP contribution in [0.15, 0.2) is 63.6 Å². The first-order valence-corrected chi connectivity index (χ1v) is 9.77. The number of anilines is 1. The normalized spacial score (nSPS) is 11.9. The number of thiophene rings is 1. The molecule has 0 spiro atoms. The molecule has 3 rings (SSSR count). The van der Waals surface area contributed by atoms with E-state index in [0.717, 1.165) is 9.77 Å². The van der Waals surface area contributed by atoms with Crippen LogP contribution in [-0.4, -0.2) is 21.9 Å². The highest BCUT2D eigenvalue weighted by Crippen LogP contribution is 2.22. The van der Waals surface area contributed by atoms with Gasteiger partial charge in [-0.2, -0.15) is 5.10 Å². The third kappa shape index (κ3) is 4.00. The molecule has 2 heterocycles. The maximum absolute atomic E-state index is 12.5. The van der Waals surface area contributed by atoms with Crippen molar-refractivity contribution in [2.45, 2.75) is 17.9 Å². The van der Waals surface area contributed by atoms with Crippen LogP contribution in [0.1, 0.15) is 13.0 Å². The predicted molar refractivity (Wildman–Crippen MR) is 103 cm³/mol. The molecule has 2 aromatic heterocycles. The number of thioether (sulfide) groups is 1. The Morgan fingerprint density at radius 3 is 2.80 bits per heavy atom. The topological polar surface area (TPSA) is 64.0 Å². The number of amides is 1. The highest BCUT2D eigenvalue weighted by atomic mass is 32.2. The molecule has 1 aromatic carbocycles. The van der Waals surface area contributed by atoms with Gasteiger partial charge in [0.25, 0.3) is 5.56 Å². The highest BCUT2D eigenvalue weighted by molar-refractivity contribution is 7.98. The zero-order valence-corrected chi connectivity index (χ0v) is 15.4. The smallest absolute Gasteiger partial charge is 0.267 e. The Morgan fingerprint density at radius 2 is 2.08 bits per heavy atom. The average Bonchev–Trinajstić information content (AvgIpc) is 3.16. The Kier molecular flexibility index (Phi) is 5.35. The van der Waals surface area contributed by atoms with Gasteiger partial charge in [0.1, 0.15) is 11.7 Å². The summed E-state index contributed by atoms with van der Waals surface area (Å²) < 4.78 is 1.23. The summed E-state index contributed by atoms with van der Waals surface area (Å²) in [5.41, 5.74) is 1.07. The van der Waals surface area contributed by atoms with Crippen molar-refractivity contribution in [2.24, 2.45) is 0 Å². The van der Waals surface area contributed by atoms with E-state index in [2.05, 4.69) is 10.4 Å². The van der Waals surface area contributed by atoms with E-state index in [4.69, 9.17) is 0 Å². The first-order chi connectivity index (χ1) is 12.1. The minimum atomic E-state index is -0.717. The summed E-state index contributed by atoms with van der Waals surface area (Å²) >= 11 is 3.14. The second kappa shape index (κ2) is 7.67. The van der Waals surface area contributed by atoms with Crippen molar-refractivity contribution in [3.8, 4) is 10.6 Å². The molecule has 5 nitrogen and oxygen atoms in total. The van der Waals surface area contributed by atoms with Crippen molar-refractivity contribution in [1.29, 1.82) is 0 Å². The summed E-state index contributed by atoms with van der Waals surface area (Å²) in [5, 5.41) is 9.15. The first-order valence-electron chi connectivity index (χ1n) is 7.67. The molecule has 25 heavy (non-hydrogen) atoms. The van der Waals surface area contributed by atoms with Crippen molar-refractivity contribution in [3.05, 3.63) is 64.3 Å². The summed E-state index contributed by atoms with van der Waals surface area (Å²) in [4.78, 5) is 26.7. The Balaban J connectivity index is 1.84. The molecule has 0 bridgehead atoms.